The maximum absolute atomic E-state index is 14.0. The smallest absolute Gasteiger partial charge is 0.250 e. The lowest BCUT2D eigenvalue weighted by molar-refractivity contribution is -0.160. The van der Waals surface area contributed by atoms with Crippen molar-refractivity contribution in [2.45, 2.75) is 64.6 Å². The fourth-order valence-corrected chi connectivity index (χ4v) is 5.08. The van der Waals surface area contributed by atoms with Crippen LogP contribution in [0.1, 0.15) is 63.1 Å². The van der Waals surface area contributed by atoms with E-state index in [0.29, 0.717) is 30.6 Å². The minimum Gasteiger partial charge on any atom is -0.493 e. The average Bonchev–Trinajstić information content (AvgIpc) is 2.86. The van der Waals surface area contributed by atoms with Gasteiger partial charge in [-0.15, -0.1) is 0 Å². The first-order chi connectivity index (χ1) is 16.5. The summed E-state index contributed by atoms with van der Waals surface area (Å²) in [6, 6.07) is 14.9. The molecule has 2 aromatic rings. The highest BCUT2D eigenvalue weighted by atomic mass is 16.5. The van der Waals surface area contributed by atoms with Gasteiger partial charge in [-0.1, -0.05) is 50.2 Å². The fourth-order valence-electron chi connectivity index (χ4n) is 5.08. The van der Waals surface area contributed by atoms with Gasteiger partial charge in [0, 0.05) is 12.6 Å². The number of carbonyl (C=O) groups excluding carboxylic acids is 2. The zero-order valence-corrected chi connectivity index (χ0v) is 20.5. The minimum absolute atomic E-state index is 0.000589. The molecule has 6 heteroatoms. The summed E-state index contributed by atoms with van der Waals surface area (Å²) < 4.78 is 11.4. The summed E-state index contributed by atoms with van der Waals surface area (Å²) in [5.41, 5.74) is 1.76. The lowest BCUT2D eigenvalue weighted by Gasteiger charge is -2.45. The van der Waals surface area contributed by atoms with E-state index in [9.17, 15) is 9.59 Å². The molecule has 0 radical (unpaired) electrons. The van der Waals surface area contributed by atoms with Crippen molar-refractivity contribution in [3.05, 3.63) is 59.7 Å². The summed E-state index contributed by atoms with van der Waals surface area (Å²) in [7, 11) is 1.60. The van der Waals surface area contributed by atoms with E-state index in [2.05, 4.69) is 13.8 Å². The molecule has 1 saturated carbocycles. The predicted octanol–water partition coefficient (Wildman–Crippen LogP) is 4.97. The van der Waals surface area contributed by atoms with E-state index in [1.54, 1.807) is 12.0 Å². The Balaban J connectivity index is 1.68. The number of hydrogen-bond acceptors (Lipinski definition) is 4. The Labute approximate surface area is 202 Å². The van der Waals surface area contributed by atoms with Crippen LogP contribution in [-0.4, -0.2) is 47.9 Å². The van der Waals surface area contributed by atoms with Gasteiger partial charge >= 0.3 is 0 Å². The molecule has 0 aromatic heterocycles. The molecule has 2 aromatic carbocycles. The summed E-state index contributed by atoms with van der Waals surface area (Å²) in [5.74, 6) is 1.89. The van der Waals surface area contributed by atoms with Crippen molar-refractivity contribution >= 4 is 11.8 Å². The molecule has 4 rings (SSSR count). The Hall–Kier alpha value is -3.02. The first-order valence-electron chi connectivity index (χ1n) is 12.5. The first-order valence-corrected chi connectivity index (χ1v) is 12.5. The van der Waals surface area contributed by atoms with Crippen LogP contribution < -0.4 is 9.47 Å². The number of hydrogen-bond donors (Lipinski definition) is 0. The van der Waals surface area contributed by atoms with Crippen LogP contribution in [0.2, 0.25) is 0 Å². The highest BCUT2D eigenvalue weighted by Crippen LogP contribution is 2.37. The van der Waals surface area contributed by atoms with Gasteiger partial charge in [-0.25, -0.2) is 0 Å². The van der Waals surface area contributed by atoms with Gasteiger partial charge in [0.2, 0.25) is 5.91 Å². The first kappa shape index (κ1) is 24.1. The van der Waals surface area contributed by atoms with Gasteiger partial charge in [0.1, 0.15) is 12.6 Å². The molecule has 1 saturated heterocycles. The Morgan fingerprint density at radius 3 is 2.38 bits per heavy atom. The van der Waals surface area contributed by atoms with Gasteiger partial charge in [-0.3, -0.25) is 9.59 Å². The van der Waals surface area contributed by atoms with E-state index in [4.69, 9.17) is 9.47 Å². The van der Waals surface area contributed by atoms with Crippen molar-refractivity contribution in [3.63, 3.8) is 0 Å². The molecule has 1 aliphatic heterocycles. The quantitative estimate of drug-likeness (QED) is 0.553. The summed E-state index contributed by atoms with van der Waals surface area (Å²) in [4.78, 5) is 31.0. The predicted molar refractivity (Wildman–Crippen MR) is 132 cm³/mol. The fraction of sp³-hybridized carbons (Fsp3) is 0.500. The highest BCUT2D eigenvalue weighted by Gasteiger charge is 2.43. The van der Waals surface area contributed by atoms with E-state index in [0.717, 1.165) is 43.2 Å². The maximum Gasteiger partial charge on any atom is 0.250 e. The summed E-state index contributed by atoms with van der Waals surface area (Å²) in [6.07, 6.45) is 4.99. The number of amides is 2. The van der Waals surface area contributed by atoms with Gasteiger partial charge in [0.15, 0.2) is 11.5 Å². The zero-order chi connectivity index (χ0) is 24.1. The average molecular weight is 465 g/mol. The minimum atomic E-state index is -0.685. The third kappa shape index (κ3) is 5.21. The van der Waals surface area contributed by atoms with E-state index >= 15 is 0 Å². The number of benzene rings is 2. The second-order valence-electron chi connectivity index (χ2n) is 9.55. The van der Waals surface area contributed by atoms with Crippen molar-refractivity contribution in [2.75, 3.05) is 20.3 Å². The number of nitrogens with zero attached hydrogens (tertiary/aromatic N) is 2. The molecule has 0 N–H and O–H groups in total. The molecule has 1 heterocycles. The van der Waals surface area contributed by atoms with Crippen LogP contribution in [0.4, 0.5) is 0 Å². The van der Waals surface area contributed by atoms with Crippen LogP contribution in [0.15, 0.2) is 48.5 Å². The molecule has 0 unspecified atom stereocenters. The molecular formula is C28H36N2O4. The topological polar surface area (TPSA) is 59.1 Å². The molecule has 0 spiro atoms. The second kappa shape index (κ2) is 10.9. The monoisotopic (exact) mass is 464 g/mol. The Bertz CT molecular complexity index is 985. The number of rotatable bonds is 8. The van der Waals surface area contributed by atoms with Crippen LogP contribution in [0.3, 0.4) is 0 Å². The normalized spacial score (nSPS) is 23.2. The molecule has 1 aliphatic carbocycles. The molecule has 6 nitrogen and oxygen atoms in total. The van der Waals surface area contributed by atoms with Gasteiger partial charge in [-0.05, 0) is 61.3 Å². The van der Waals surface area contributed by atoms with Crippen LogP contribution in [0.25, 0.3) is 0 Å². The molecule has 2 aliphatic rings. The van der Waals surface area contributed by atoms with E-state index in [1.165, 1.54) is 0 Å². The second-order valence-corrected chi connectivity index (χ2v) is 9.55. The number of piperazine rings is 1. The number of methoxy groups -OCH3 is 1. The van der Waals surface area contributed by atoms with Gasteiger partial charge < -0.3 is 19.3 Å². The standard InChI is InChI=1S/C28H36N2O4/c1-4-16-34-24-15-12-22(17-25(24)33-3)27-28(32)29(23-13-10-20(2)11-14-23)19-26(31)30(27)18-21-8-6-5-7-9-21/h5-9,12,15,17,20,23,27H,4,10-11,13-14,16,18-19H2,1-3H3/t20?,23?,27-/m1/s1. The number of ether oxygens (including phenoxy) is 2. The third-order valence-corrected chi connectivity index (χ3v) is 7.04. The third-order valence-electron chi connectivity index (χ3n) is 7.04. The lowest BCUT2D eigenvalue weighted by Crippen LogP contribution is -2.58. The van der Waals surface area contributed by atoms with E-state index in [1.807, 2.05) is 53.4 Å². The van der Waals surface area contributed by atoms with Crippen LogP contribution in [0, 0.1) is 5.92 Å². The highest BCUT2D eigenvalue weighted by molar-refractivity contribution is 5.96. The van der Waals surface area contributed by atoms with Crippen LogP contribution in [0.5, 0.6) is 11.5 Å². The molecule has 1 atom stereocenters. The molecule has 0 bridgehead atoms. The molecule has 182 valence electrons. The van der Waals surface area contributed by atoms with Gasteiger partial charge in [0.05, 0.1) is 13.7 Å². The Kier molecular flexibility index (Phi) is 7.76. The van der Waals surface area contributed by atoms with Gasteiger partial charge in [-0.2, -0.15) is 0 Å². The largest absolute Gasteiger partial charge is 0.493 e. The maximum atomic E-state index is 14.0. The number of carbonyl (C=O) groups is 2. The summed E-state index contributed by atoms with van der Waals surface area (Å²) in [6.45, 7) is 5.44. The molecule has 2 fully saturated rings. The summed E-state index contributed by atoms with van der Waals surface area (Å²) in [5, 5.41) is 0. The van der Waals surface area contributed by atoms with E-state index in [-0.39, 0.29) is 24.4 Å². The van der Waals surface area contributed by atoms with Gasteiger partial charge in [0.25, 0.3) is 5.91 Å². The molecule has 34 heavy (non-hydrogen) atoms. The Morgan fingerprint density at radius 2 is 1.71 bits per heavy atom. The SMILES string of the molecule is CCCOc1ccc([C@@H]2C(=O)N(C3CCC(C)CC3)CC(=O)N2Cc2ccccc2)cc1OC. The van der Waals surface area contributed by atoms with Crippen molar-refractivity contribution in [1.82, 2.24) is 9.80 Å². The van der Waals surface area contributed by atoms with Crippen molar-refractivity contribution in [3.8, 4) is 11.5 Å². The summed E-state index contributed by atoms with van der Waals surface area (Å²) >= 11 is 0. The molecule has 2 amide bonds. The van der Waals surface area contributed by atoms with Crippen LogP contribution in [-0.2, 0) is 16.1 Å². The van der Waals surface area contributed by atoms with Crippen molar-refractivity contribution in [2.24, 2.45) is 5.92 Å². The van der Waals surface area contributed by atoms with Crippen LogP contribution >= 0.6 is 0 Å². The van der Waals surface area contributed by atoms with Crippen molar-refractivity contribution in [1.29, 1.82) is 0 Å². The Morgan fingerprint density at radius 1 is 0.971 bits per heavy atom. The lowest BCUT2D eigenvalue weighted by atomic mass is 9.85. The van der Waals surface area contributed by atoms with Crippen molar-refractivity contribution < 1.29 is 19.1 Å². The van der Waals surface area contributed by atoms with E-state index < -0.39 is 6.04 Å². The zero-order valence-electron chi connectivity index (χ0n) is 20.5. The molecular weight excluding hydrogens is 428 g/mol.